The van der Waals surface area contributed by atoms with Crippen LogP contribution in [0.4, 0.5) is 23.2 Å². The van der Waals surface area contributed by atoms with E-state index in [1.807, 2.05) is 0 Å². The van der Waals surface area contributed by atoms with E-state index in [-0.39, 0.29) is 29.4 Å². The highest BCUT2D eigenvalue weighted by Gasteiger charge is 2.46. The Morgan fingerprint density at radius 2 is 1.92 bits per heavy atom. The number of nitrogens with one attached hydrogen (secondary N) is 3. The van der Waals surface area contributed by atoms with Crippen LogP contribution in [-0.4, -0.2) is 61.9 Å². The quantitative estimate of drug-likeness (QED) is 0.170. The summed E-state index contributed by atoms with van der Waals surface area (Å²) in [6.45, 7) is 0.378. The zero-order valence-electron chi connectivity index (χ0n) is 19.8. The third kappa shape index (κ3) is 6.40. The number of benzene rings is 1. The van der Waals surface area contributed by atoms with Crippen molar-refractivity contribution in [3.05, 3.63) is 36.0 Å². The first-order valence-electron chi connectivity index (χ1n) is 11.6. The first-order chi connectivity index (χ1) is 17.4. The van der Waals surface area contributed by atoms with Gasteiger partial charge in [-0.15, -0.1) is 0 Å². The standard InChI is InChI=1S/C23H28F4N6O3S/c24-11-17-2-1-9-33(17)16-5-8-20(14(10-16)12-28)31-13-19(22(30)34)21(29)32-15-3-6-18(7-4-15)37(35,36)23(25,26)27/h3-4,6-7,13-14,16-17,20,31H,1-2,5,8-11H2,(H2,29,32)(H2,30,34)/b19-13+/t14-,16?,17+,20+/m1/s1. The minimum atomic E-state index is -5.52. The molecule has 1 saturated heterocycles. The summed E-state index contributed by atoms with van der Waals surface area (Å²) in [5, 5.41) is 23.3. The lowest BCUT2D eigenvalue weighted by Gasteiger charge is -2.39. The van der Waals surface area contributed by atoms with Crippen LogP contribution in [-0.2, 0) is 14.6 Å². The number of rotatable bonds is 8. The summed E-state index contributed by atoms with van der Waals surface area (Å²) in [6, 6.07) is 5.41. The van der Waals surface area contributed by atoms with Gasteiger partial charge >= 0.3 is 5.51 Å². The van der Waals surface area contributed by atoms with Crippen molar-refractivity contribution in [2.45, 2.75) is 60.6 Å². The number of nitrogens with zero attached hydrogens (tertiary/aromatic N) is 2. The number of hydrogen-bond donors (Lipinski definition) is 4. The lowest BCUT2D eigenvalue weighted by atomic mass is 9.81. The average Bonchev–Trinajstić information content (AvgIpc) is 3.32. The highest BCUT2D eigenvalue weighted by molar-refractivity contribution is 7.92. The van der Waals surface area contributed by atoms with Gasteiger partial charge < -0.3 is 16.4 Å². The molecule has 1 aromatic carbocycles. The largest absolute Gasteiger partial charge is 0.501 e. The second-order valence-electron chi connectivity index (χ2n) is 9.06. The average molecular weight is 545 g/mol. The predicted molar refractivity (Wildman–Crippen MR) is 128 cm³/mol. The molecule has 1 aromatic rings. The van der Waals surface area contributed by atoms with E-state index < -0.39 is 44.6 Å². The Hall–Kier alpha value is -3.18. The van der Waals surface area contributed by atoms with Gasteiger partial charge in [0, 0.05) is 30.0 Å². The van der Waals surface area contributed by atoms with Crippen molar-refractivity contribution in [1.29, 1.82) is 10.7 Å². The van der Waals surface area contributed by atoms with Crippen LogP contribution in [0.25, 0.3) is 0 Å². The van der Waals surface area contributed by atoms with E-state index >= 15 is 0 Å². The number of alkyl halides is 4. The Kier molecular flexibility index (Phi) is 8.80. The third-order valence-corrected chi connectivity index (χ3v) is 8.28. The number of halogens is 4. The molecule has 1 aliphatic heterocycles. The highest BCUT2D eigenvalue weighted by Crippen LogP contribution is 2.33. The van der Waals surface area contributed by atoms with Gasteiger partial charge in [-0.2, -0.15) is 18.4 Å². The number of carbonyl (C=O) groups excluding carboxylic acids is 1. The van der Waals surface area contributed by atoms with Crippen molar-refractivity contribution in [3.63, 3.8) is 0 Å². The van der Waals surface area contributed by atoms with Crippen LogP contribution in [0.2, 0.25) is 0 Å². The molecule has 202 valence electrons. The molecule has 4 atom stereocenters. The Morgan fingerprint density at radius 1 is 1.24 bits per heavy atom. The van der Waals surface area contributed by atoms with E-state index in [2.05, 4.69) is 21.6 Å². The van der Waals surface area contributed by atoms with Crippen LogP contribution in [0.5, 0.6) is 0 Å². The molecule has 0 bridgehead atoms. The Morgan fingerprint density at radius 3 is 2.49 bits per heavy atom. The lowest BCUT2D eigenvalue weighted by molar-refractivity contribution is -0.114. The van der Waals surface area contributed by atoms with Gasteiger partial charge in [0.05, 0.1) is 22.5 Å². The summed E-state index contributed by atoms with van der Waals surface area (Å²) in [5.74, 6) is -1.86. The van der Waals surface area contributed by atoms with E-state index in [0.29, 0.717) is 12.8 Å². The molecule has 1 aliphatic carbocycles. The SMILES string of the molecule is N#C[C@H]1CC(N2CCC[C@H]2CF)CC[C@@H]1N/C=C(\C(=N)Nc1ccc(S(=O)(=O)C(F)(F)F)cc1)C(N)=O. The van der Waals surface area contributed by atoms with Crippen molar-refractivity contribution in [1.82, 2.24) is 10.2 Å². The number of hydrogen-bond acceptors (Lipinski definition) is 7. The Bertz CT molecular complexity index is 1180. The zero-order chi connectivity index (χ0) is 27.4. The van der Waals surface area contributed by atoms with E-state index in [1.165, 1.54) is 6.20 Å². The second kappa shape index (κ2) is 11.5. The molecule has 5 N–H and O–H groups in total. The molecule has 1 heterocycles. The van der Waals surface area contributed by atoms with Crippen LogP contribution < -0.4 is 16.4 Å². The Labute approximate surface area is 212 Å². The summed E-state index contributed by atoms with van der Waals surface area (Å²) in [7, 11) is -5.52. The smallest absolute Gasteiger partial charge is 0.386 e. The van der Waals surface area contributed by atoms with Gasteiger partial charge in [0.15, 0.2) is 0 Å². The lowest BCUT2D eigenvalue weighted by Crippen LogP contribution is -2.48. The summed E-state index contributed by atoms with van der Waals surface area (Å²) in [6.07, 6.45) is 4.78. The van der Waals surface area contributed by atoms with E-state index in [4.69, 9.17) is 11.1 Å². The van der Waals surface area contributed by atoms with Gasteiger partial charge in [-0.1, -0.05) is 0 Å². The predicted octanol–water partition coefficient (Wildman–Crippen LogP) is 2.82. The molecule has 2 fully saturated rings. The van der Waals surface area contributed by atoms with Crippen molar-refractivity contribution in [3.8, 4) is 6.07 Å². The minimum absolute atomic E-state index is 0.0571. The van der Waals surface area contributed by atoms with Gasteiger partial charge in [0.1, 0.15) is 12.5 Å². The number of likely N-dealkylation sites (tertiary alicyclic amines) is 1. The fourth-order valence-corrected chi connectivity index (χ4v) is 5.58. The molecule has 1 unspecified atom stereocenters. The maximum Gasteiger partial charge on any atom is 0.501 e. The van der Waals surface area contributed by atoms with Gasteiger partial charge in [-0.3, -0.25) is 15.1 Å². The maximum absolute atomic E-state index is 13.3. The van der Waals surface area contributed by atoms with Crippen molar-refractivity contribution < 1.29 is 30.8 Å². The number of primary amides is 1. The van der Waals surface area contributed by atoms with Crippen molar-refractivity contribution in [2.24, 2.45) is 11.7 Å². The number of sulfone groups is 1. The van der Waals surface area contributed by atoms with Crippen LogP contribution in [0.1, 0.15) is 32.1 Å². The normalized spacial score (nSPS) is 25.3. The topological polar surface area (TPSA) is 152 Å². The molecule has 1 amide bonds. The van der Waals surface area contributed by atoms with E-state index in [0.717, 1.165) is 50.1 Å². The molecule has 1 saturated carbocycles. The fourth-order valence-electron chi connectivity index (χ4n) is 4.82. The van der Waals surface area contributed by atoms with Crippen molar-refractivity contribution >= 4 is 27.3 Å². The summed E-state index contributed by atoms with van der Waals surface area (Å²) in [5.41, 5.74) is -0.271. The third-order valence-electron chi connectivity index (χ3n) is 6.77. The molecule has 3 rings (SSSR count). The minimum Gasteiger partial charge on any atom is -0.386 e. The van der Waals surface area contributed by atoms with E-state index in [9.17, 15) is 36.0 Å². The monoisotopic (exact) mass is 544 g/mol. The Balaban J connectivity index is 1.66. The second-order valence-corrected chi connectivity index (χ2v) is 11.0. The molecule has 14 heteroatoms. The van der Waals surface area contributed by atoms with Crippen LogP contribution in [0.15, 0.2) is 40.9 Å². The van der Waals surface area contributed by atoms with Crippen molar-refractivity contribution in [2.75, 3.05) is 18.5 Å². The first-order valence-corrected chi connectivity index (χ1v) is 13.1. The number of nitrogens with two attached hydrogens (primary N) is 1. The van der Waals surface area contributed by atoms with Gasteiger partial charge in [0.25, 0.3) is 15.7 Å². The molecular formula is C23H28F4N6O3S. The molecule has 0 radical (unpaired) electrons. The summed E-state index contributed by atoms with van der Waals surface area (Å²) < 4.78 is 74.4. The maximum atomic E-state index is 13.3. The molecule has 0 aromatic heterocycles. The van der Waals surface area contributed by atoms with Crippen LogP contribution in [0, 0.1) is 22.7 Å². The number of amides is 1. The number of carbonyl (C=O) groups is 1. The van der Waals surface area contributed by atoms with Crippen LogP contribution >= 0.6 is 0 Å². The van der Waals surface area contributed by atoms with E-state index in [1.54, 1.807) is 0 Å². The zero-order valence-corrected chi connectivity index (χ0v) is 20.6. The van der Waals surface area contributed by atoms with Crippen LogP contribution in [0.3, 0.4) is 0 Å². The number of anilines is 1. The van der Waals surface area contributed by atoms with Gasteiger partial charge in [0.2, 0.25) is 0 Å². The number of nitriles is 1. The number of amidine groups is 1. The molecular weight excluding hydrogens is 516 g/mol. The molecule has 37 heavy (non-hydrogen) atoms. The molecule has 9 nitrogen and oxygen atoms in total. The van der Waals surface area contributed by atoms with Gasteiger partial charge in [-0.25, -0.2) is 12.8 Å². The first kappa shape index (κ1) is 28.4. The summed E-state index contributed by atoms with van der Waals surface area (Å²) >= 11 is 0. The van der Waals surface area contributed by atoms with Gasteiger partial charge in [-0.05, 0) is 62.9 Å². The molecule has 0 spiro atoms. The molecule has 2 aliphatic rings. The summed E-state index contributed by atoms with van der Waals surface area (Å²) in [4.78, 5) is 13.1. The highest BCUT2D eigenvalue weighted by atomic mass is 32.2. The fraction of sp³-hybridized carbons (Fsp3) is 0.522.